The summed E-state index contributed by atoms with van der Waals surface area (Å²) < 4.78 is 11.3. The van der Waals surface area contributed by atoms with Gasteiger partial charge in [0.2, 0.25) is 0 Å². The molecule has 6 heteroatoms. The summed E-state index contributed by atoms with van der Waals surface area (Å²) in [6.07, 6.45) is 1.20. The van der Waals surface area contributed by atoms with Gasteiger partial charge in [0.1, 0.15) is 18.5 Å². The lowest BCUT2D eigenvalue weighted by molar-refractivity contribution is -0.384. The molecule has 1 aliphatic rings. The highest BCUT2D eigenvalue weighted by atomic mass is 16.6. The van der Waals surface area contributed by atoms with Crippen LogP contribution in [0.4, 0.5) is 5.69 Å². The Labute approximate surface area is 118 Å². The van der Waals surface area contributed by atoms with Crippen LogP contribution in [0.3, 0.4) is 0 Å². The molecule has 0 aliphatic carbocycles. The predicted octanol–water partition coefficient (Wildman–Crippen LogP) is 2.08. The second kappa shape index (κ2) is 7.21. The van der Waals surface area contributed by atoms with E-state index in [0.717, 1.165) is 32.7 Å². The average molecular weight is 280 g/mol. The molecule has 1 aromatic rings. The highest BCUT2D eigenvalue weighted by molar-refractivity contribution is 5.35. The lowest BCUT2D eigenvalue weighted by Gasteiger charge is -2.32. The predicted molar refractivity (Wildman–Crippen MR) is 75.1 cm³/mol. The summed E-state index contributed by atoms with van der Waals surface area (Å²) in [5.41, 5.74) is 0.0698. The Hall–Kier alpha value is -1.66. The molecule has 1 atom stereocenters. The number of hydrogen-bond donors (Lipinski definition) is 0. The molecule has 1 saturated heterocycles. The summed E-state index contributed by atoms with van der Waals surface area (Å²) >= 11 is 0. The van der Waals surface area contributed by atoms with Crippen molar-refractivity contribution in [2.75, 3.05) is 32.8 Å². The number of nitro groups is 1. The van der Waals surface area contributed by atoms with Crippen LogP contribution in [0.1, 0.15) is 13.3 Å². The van der Waals surface area contributed by atoms with E-state index in [0.29, 0.717) is 12.4 Å². The van der Waals surface area contributed by atoms with E-state index >= 15 is 0 Å². The van der Waals surface area contributed by atoms with Gasteiger partial charge in [-0.15, -0.1) is 0 Å². The number of hydrogen-bond acceptors (Lipinski definition) is 5. The van der Waals surface area contributed by atoms with Crippen LogP contribution in [0.5, 0.6) is 5.75 Å². The van der Waals surface area contributed by atoms with Gasteiger partial charge in [-0.3, -0.25) is 15.0 Å². The minimum absolute atomic E-state index is 0.0606. The Balaban J connectivity index is 1.80. The van der Waals surface area contributed by atoms with Crippen molar-refractivity contribution in [3.63, 3.8) is 0 Å². The normalized spacial score (nSPS) is 19.8. The summed E-state index contributed by atoms with van der Waals surface area (Å²) in [4.78, 5) is 12.5. The van der Waals surface area contributed by atoms with E-state index in [2.05, 4.69) is 11.8 Å². The van der Waals surface area contributed by atoms with Crippen LogP contribution in [0.25, 0.3) is 0 Å². The van der Waals surface area contributed by atoms with Crippen molar-refractivity contribution in [1.29, 1.82) is 0 Å². The second-order valence-corrected chi connectivity index (χ2v) is 4.86. The molecule has 0 aromatic heterocycles. The maximum absolute atomic E-state index is 10.6. The van der Waals surface area contributed by atoms with Gasteiger partial charge >= 0.3 is 0 Å². The fourth-order valence-electron chi connectivity index (χ4n) is 2.25. The number of rotatable bonds is 6. The molecule has 1 heterocycles. The van der Waals surface area contributed by atoms with Gasteiger partial charge in [0.25, 0.3) is 5.69 Å². The number of benzene rings is 1. The van der Waals surface area contributed by atoms with Crippen molar-refractivity contribution in [3.8, 4) is 5.75 Å². The fourth-order valence-corrected chi connectivity index (χ4v) is 2.25. The van der Waals surface area contributed by atoms with Crippen LogP contribution < -0.4 is 4.74 Å². The lowest BCUT2D eigenvalue weighted by Crippen LogP contribution is -2.45. The number of non-ortho nitro benzene ring substituents is 1. The van der Waals surface area contributed by atoms with Crippen LogP contribution in [-0.2, 0) is 4.74 Å². The fraction of sp³-hybridized carbons (Fsp3) is 0.571. The summed E-state index contributed by atoms with van der Waals surface area (Å²) in [6, 6.07) is 6.12. The van der Waals surface area contributed by atoms with Gasteiger partial charge in [0, 0.05) is 25.2 Å². The highest BCUT2D eigenvalue weighted by Gasteiger charge is 2.20. The minimum atomic E-state index is -0.420. The first-order chi connectivity index (χ1) is 9.69. The molecule has 0 spiro atoms. The molecule has 0 unspecified atom stereocenters. The Kier molecular flexibility index (Phi) is 5.31. The highest BCUT2D eigenvalue weighted by Crippen LogP contribution is 2.18. The van der Waals surface area contributed by atoms with Gasteiger partial charge in [0.15, 0.2) is 0 Å². The van der Waals surface area contributed by atoms with Crippen molar-refractivity contribution in [2.24, 2.45) is 0 Å². The molecular formula is C14H20N2O4. The molecule has 1 fully saturated rings. The van der Waals surface area contributed by atoms with E-state index in [9.17, 15) is 10.1 Å². The first-order valence-electron chi connectivity index (χ1n) is 6.90. The number of nitro benzene ring substituents is 1. The second-order valence-electron chi connectivity index (χ2n) is 4.86. The Morgan fingerprint density at radius 1 is 1.45 bits per heavy atom. The number of ether oxygens (including phenoxy) is 2. The lowest BCUT2D eigenvalue weighted by atomic mass is 10.2. The maximum atomic E-state index is 10.6. The third-order valence-electron chi connectivity index (χ3n) is 3.25. The summed E-state index contributed by atoms with van der Waals surface area (Å²) in [7, 11) is 0. The quantitative estimate of drug-likeness (QED) is 0.589. The van der Waals surface area contributed by atoms with Gasteiger partial charge in [-0.1, -0.05) is 6.92 Å². The van der Waals surface area contributed by atoms with Crippen molar-refractivity contribution in [1.82, 2.24) is 4.90 Å². The molecule has 0 N–H and O–H groups in total. The molecular weight excluding hydrogens is 260 g/mol. The topological polar surface area (TPSA) is 64.8 Å². The number of nitrogens with zero attached hydrogens (tertiary/aromatic N) is 2. The van der Waals surface area contributed by atoms with Crippen molar-refractivity contribution < 1.29 is 14.4 Å². The van der Waals surface area contributed by atoms with E-state index < -0.39 is 4.92 Å². The largest absolute Gasteiger partial charge is 0.491 e. The molecule has 0 bridgehead atoms. The minimum Gasteiger partial charge on any atom is -0.491 e. The van der Waals surface area contributed by atoms with Crippen LogP contribution in [0.2, 0.25) is 0 Å². The van der Waals surface area contributed by atoms with Gasteiger partial charge in [-0.05, 0) is 25.1 Å². The molecule has 2 rings (SSSR count). The van der Waals surface area contributed by atoms with E-state index in [1.54, 1.807) is 12.1 Å². The zero-order chi connectivity index (χ0) is 14.4. The third-order valence-corrected chi connectivity index (χ3v) is 3.25. The van der Waals surface area contributed by atoms with E-state index in [1.807, 2.05) is 0 Å². The third kappa shape index (κ3) is 4.18. The standard InChI is InChI=1S/C14H20N2O4/c1-2-7-15-8-9-19-14(10-15)11-20-13-5-3-12(4-6-13)16(17)18/h3-6,14H,2,7-11H2,1H3/t14-/m0/s1. The Morgan fingerprint density at radius 3 is 2.85 bits per heavy atom. The van der Waals surface area contributed by atoms with Gasteiger partial charge in [-0.2, -0.15) is 0 Å². The monoisotopic (exact) mass is 280 g/mol. The van der Waals surface area contributed by atoms with Crippen LogP contribution >= 0.6 is 0 Å². The van der Waals surface area contributed by atoms with Crippen molar-refractivity contribution in [2.45, 2.75) is 19.4 Å². The molecule has 1 aromatic carbocycles. The Bertz CT molecular complexity index is 433. The average Bonchev–Trinajstić information content (AvgIpc) is 2.46. The van der Waals surface area contributed by atoms with E-state index in [-0.39, 0.29) is 11.8 Å². The number of morpholine rings is 1. The van der Waals surface area contributed by atoms with E-state index in [4.69, 9.17) is 9.47 Å². The van der Waals surface area contributed by atoms with Gasteiger partial charge in [0.05, 0.1) is 11.5 Å². The Morgan fingerprint density at radius 2 is 2.20 bits per heavy atom. The first kappa shape index (κ1) is 14.7. The zero-order valence-corrected chi connectivity index (χ0v) is 11.7. The molecule has 6 nitrogen and oxygen atoms in total. The van der Waals surface area contributed by atoms with Gasteiger partial charge < -0.3 is 9.47 Å². The zero-order valence-electron chi connectivity index (χ0n) is 11.7. The van der Waals surface area contributed by atoms with Crippen LogP contribution in [0.15, 0.2) is 24.3 Å². The molecule has 0 radical (unpaired) electrons. The summed E-state index contributed by atoms with van der Waals surface area (Å²) in [5.74, 6) is 0.631. The molecule has 1 aliphatic heterocycles. The van der Waals surface area contributed by atoms with Crippen LogP contribution in [0, 0.1) is 10.1 Å². The molecule has 110 valence electrons. The van der Waals surface area contributed by atoms with Crippen molar-refractivity contribution in [3.05, 3.63) is 34.4 Å². The van der Waals surface area contributed by atoms with Crippen LogP contribution in [-0.4, -0.2) is 48.8 Å². The summed E-state index contributed by atoms with van der Waals surface area (Å²) in [6.45, 7) is 6.30. The smallest absolute Gasteiger partial charge is 0.269 e. The first-order valence-corrected chi connectivity index (χ1v) is 6.90. The maximum Gasteiger partial charge on any atom is 0.269 e. The molecule has 20 heavy (non-hydrogen) atoms. The summed E-state index contributed by atoms with van der Waals surface area (Å²) in [5, 5.41) is 10.6. The van der Waals surface area contributed by atoms with Crippen molar-refractivity contribution >= 4 is 5.69 Å². The SMILES string of the molecule is CCCN1CCO[C@H](COc2ccc([N+](=O)[O-])cc2)C1. The van der Waals surface area contributed by atoms with E-state index in [1.165, 1.54) is 12.1 Å². The molecule has 0 saturated carbocycles. The molecule has 0 amide bonds. The van der Waals surface area contributed by atoms with Gasteiger partial charge in [-0.25, -0.2) is 0 Å².